The fraction of sp³-hybridized carbons (Fsp3) is 0.667. The third-order valence-electron chi connectivity index (χ3n) is 5.11. The van der Waals surface area contributed by atoms with Crippen LogP contribution in [0.25, 0.3) is 0 Å². The second-order valence-electron chi connectivity index (χ2n) is 6.52. The molecule has 21 heavy (non-hydrogen) atoms. The lowest BCUT2D eigenvalue weighted by Gasteiger charge is -2.30. The molecule has 3 atom stereocenters. The molecule has 1 heterocycles. The quantitative estimate of drug-likeness (QED) is 0.759. The molecule has 0 aromatic heterocycles. The van der Waals surface area contributed by atoms with E-state index in [0.29, 0.717) is 12.1 Å². The van der Waals surface area contributed by atoms with Gasteiger partial charge in [0.05, 0.1) is 0 Å². The highest BCUT2D eigenvalue weighted by Gasteiger charge is 2.25. The van der Waals surface area contributed by atoms with Gasteiger partial charge in [-0.25, -0.2) is 4.39 Å². The Morgan fingerprint density at radius 1 is 1.19 bits per heavy atom. The van der Waals surface area contributed by atoms with Gasteiger partial charge in [0, 0.05) is 17.0 Å². The Labute approximate surface area is 132 Å². The topological polar surface area (TPSA) is 12.0 Å². The molecule has 1 fully saturated rings. The summed E-state index contributed by atoms with van der Waals surface area (Å²) in [5.41, 5.74) is 1.18. The number of fused-ring (bicyclic) bond motifs is 1. The number of nitrogens with one attached hydrogen (secondary N) is 1. The molecule has 116 valence electrons. The van der Waals surface area contributed by atoms with Crippen molar-refractivity contribution in [3.63, 3.8) is 0 Å². The number of halogens is 1. The number of hydrogen-bond acceptors (Lipinski definition) is 2. The van der Waals surface area contributed by atoms with E-state index in [2.05, 4.69) is 12.2 Å². The fourth-order valence-electron chi connectivity index (χ4n) is 3.78. The Balaban J connectivity index is 1.67. The van der Waals surface area contributed by atoms with E-state index in [4.69, 9.17) is 0 Å². The van der Waals surface area contributed by atoms with Gasteiger partial charge in [0.1, 0.15) is 5.82 Å². The summed E-state index contributed by atoms with van der Waals surface area (Å²) >= 11 is 1.86. The van der Waals surface area contributed by atoms with Crippen LogP contribution in [0.4, 0.5) is 4.39 Å². The normalized spacial score (nSPS) is 29.7. The molecule has 3 heteroatoms. The molecule has 1 aromatic carbocycles. The van der Waals surface area contributed by atoms with Crippen molar-refractivity contribution in [3.05, 3.63) is 29.6 Å². The van der Waals surface area contributed by atoms with Gasteiger partial charge < -0.3 is 5.32 Å². The SMILES string of the molecule is CCC1CCCC(NC2CCSc3ccc(F)cc32)CC1. The van der Waals surface area contributed by atoms with Gasteiger partial charge in [-0.15, -0.1) is 11.8 Å². The molecule has 0 spiro atoms. The van der Waals surface area contributed by atoms with E-state index >= 15 is 0 Å². The van der Waals surface area contributed by atoms with E-state index in [9.17, 15) is 4.39 Å². The molecule has 1 aliphatic carbocycles. The van der Waals surface area contributed by atoms with Crippen LogP contribution in [-0.2, 0) is 0 Å². The van der Waals surface area contributed by atoms with Crippen LogP contribution < -0.4 is 5.32 Å². The van der Waals surface area contributed by atoms with Gasteiger partial charge >= 0.3 is 0 Å². The Kier molecular flexibility index (Phi) is 5.23. The summed E-state index contributed by atoms with van der Waals surface area (Å²) < 4.78 is 13.6. The van der Waals surface area contributed by atoms with E-state index in [1.807, 2.05) is 17.8 Å². The molecule has 1 aliphatic heterocycles. The van der Waals surface area contributed by atoms with Crippen molar-refractivity contribution in [2.75, 3.05) is 5.75 Å². The molecule has 1 nitrogen and oxygen atoms in total. The average molecular weight is 307 g/mol. The number of thioether (sulfide) groups is 1. The summed E-state index contributed by atoms with van der Waals surface area (Å²) in [7, 11) is 0. The van der Waals surface area contributed by atoms with Crippen LogP contribution in [-0.4, -0.2) is 11.8 Å². The van der Waals surface area contributed by atoms with Gasteiger partial charge in [-0.3, -0.25) is 0 Å². The standard InChI is InChI=1S/C18H26FNS/c1-2-13-4-3-5-15(8-6-13)20-17-10-11-21-18-9-7-14(19)12-16(17)18/h7,9,12-13,15,17,20H,2-6,8,10-11H2,1H3. The van der Waals surface area contributed by atoms with Gasteiger partial charge in [0.15, 0.2) is 0 Å². The Morgan fingerprint density at radius 2 is 2.10 bits per heavy atom. The monoisotopic (exact) mass is 307 g/mol. The molecule has 3 unspecified atom stereocenters. The molecule has 1 N–H and O–H groups in total. The van der Waals surface area contributed by atoms with Crippen LogP contribution >= 0.6 is 11.8 Å². The van der Waals surface area contributed by atoms with Crippen molar-refractivity contribution in [1.82, 2.24) is 5.32 Å². The van der Waals surface area contributed by atoms with E-state index < -0.39 is 0 Å². The van der Waals surface area contributed by atoms with Gasteiger partial charge in [0.2, 0.25) is 0 Å². The van der Waals surface area contributed by atoms with Crippen LogP contribution in [0.15, 0.2) is 23.1 Å². The smallest absolute Gasteiger partial charge is 0.123 e. The third kappa shape index (κ3) is 3.81. The molecule has 0 saturated heterocycles. The first-order valence-electron chi connectivity index (χ1n) is 8.44. The zero-order valence-corrected chi connectivity index (χ0v) is 13.7. The van der Waals surface area contributed by atoms with Gasteiger partial charge in [-0.05, 0) is 61.1 Å². The second-order valence-corrected chi connectivity index (χ2v) is 7.65. The van der Waals surface area contributed by atoms with Crippen molar-refractivity contribution in [3.8, 4) is 0 Å². The lowest BCUT2D eigenvalue weighted by Crippen LogP contribution is -2.34. The van der Waals surface area contributed by atoms with E-state index in [1.54, 1.807) is 12.1 Å². The van der Waals surface area contributed by atoms with Crippen LogP contribution in [0.3, 0.4) is 0 Å². The number of hydrogen-bond donors (Lipinski definition) is 1. The average Bonchev–Trinajstić information content (AvgIpc) is 2.73. The summed E-state index contributed by atoms with van der Waals surface area (Å²) in [6.45, 7) is 2.32. The summed E-state index contributed by atoms with van der Waals surface area (Å²) in [5, 5.41) is 3.85. The molecule has 0 bridgehead atoms. The minimum absolute atomic E-state index is 0.102. The first-order valence-corrected chi connectivity index (χ1v) is 9.43. The van der Waals surface area contributed by atoms with Gasteiger partial charge in [-0.1, -0.05) is 26.2 Å². The lowest BCUT2D eigenvalue weighted by atomic mass is 9.97. The third-order valence-corrected chi connectivity index (χ3v) is 6.24. The lowest BCUT2D eigenvalue weighted by molar-refractivity contribution is 0.378. The maximum Gasteiger partial charge on any atom is 0.123 e. The maximum atomic E-state index is 13.6. The second kappa shape index (κ2) is 7.15. The van der Waals surface area contributed by atoms with Crippen molar-refractivity contribution in [1.29, 1.82) is 0 Å². The molecule has 2 aliphatic rings. The largest absolute Gasteiger partial charge is 0.307 e. The molecular formula is C18H26FNS. The fourth-order valence-corrected chi connectivity index (χ4v) is 4.88. The molecular weight excluding hydrogens is 281 g/mol. The first kappa shape index (κ1) is 15.4. The van der Waals surface area contributed by atoms with Crippen molar-refractivity contribution in [2.24, 2.45) is 5.92 Å². The predicted molar refractivity (Wildman–Crippen MR) is 88.3 cm³/mol. The highest BCUT2D eigenvalue weighted by Crippen LogP contribution is 2.37. The minimum Gasteiger partial charge on any atom is -0.307 e. The van der Waals surface area contributed by atoms with Crippen molar-refractivity contribution >= 4 is 11.8 Å². The van der Waals surface area contributed by atoms with Gasteiger partial charge in [-0.2, -0.15) is 0 Å². The summed E-state index contributed by atoms with van der Waals surface area (Å²) in [5.74, 6) is 1.96. The Bertz CT molecular complexity index is 476. The zero-order valence-electron chi connectivity index (χ0n) is 12.9. The number of benzene rings is 1. The molecule has 1 saturated carbocycles. The molecule has 1 aromatic rings. The maximum absolute atomic E-state index is 13.6. The first-order chi connectivity index (χ1) is 10.3. The zero-order chi connectivity index (χ0) is 14.7. The predicted octanol–water partition coefficient (Wildman–Crippen LogP) is 5.31. The van der Waals surface area contributed by atoms with Crippen molar-refractivity contribution < 1.29 is 4.39 Å². The van der Waals surface area contributed by atoms with E-state index in [0.717, 1.165) is 18.1 Å². The summed E-state index contributed by atoms with van der Waals surface area (Å²) in [6, 6.07) is 6.24. The van der Waals surface area contributed by atoms with Crippen LogP contribution in [0.5, 0.6) is 0 Å². The highest BCUT2D eigenvalue weighted by molar-refractivity contribution is 7.99. The Morgan fingerprint density at radius 3 is 2.95 bits per heavy atom. The molecule has 0 amide bonds. The van der Waals surface area contributed by atoms with E-state index in [-0.39, 0.29) is 5.82 Å². The molecule has 0 radical (unpaired) electrons. The van der Waals surface area contributed by atoms with E-state index in [1.165, 1.54) is 49.0 Å². The summed E-state index contributed by atoms with van der Waals surface area (Å²) in [6.07, 6.45) is 9.09. The highest BCUT2D eigenvalue weighted by atomic mass is 32.2. The molecule has 3 rings (SSSR count). The van der Waals surface area contributed by atoms with Crippen LogP contribution in [0.2, 0.25) is 0 Å². The number of rotatable bonds is 3. The summed E-state index contributed by atoms with van der Waals surface area (Å²) in [4.78, 5) is 1.26. The van der Waals surface area contributed by atoms with Gasteiger partial charge in [0.25, 0.3) is 0 Å². The Hall–Kier alpha value is -0.540. The van der Waals surface area contributed by atoms with Crippen LogP contribution in [0, 0.1) is 11.7 Å². The van der Waals surface area contributed by atoms with Crippen LogP contribution in [0.1, 0.15) is 63.5 Å². The minimum atomic E-state index is -0.102. The van der Waals surface area contributed by atoms with Crippen molar-refractivity contribution in [2.45, 2.75) is 68.8 Å².